The van der Waals surface area contributed by atoms with Crippen LogP contribution in [-0.4, -0.2) is 25.4 Å². The van der Waals surface area contributed by atoms with E-state index < -0.39 is 0 Å². The standard InChI is InChI=1S/C17H18FNO3S/c1-11(23-14-7-4-12(18)5-8-14)17(20)19-15-10-13(21-2)6-9-16(15)22-3/h4-11H,1-3H3,(H,19,20)/t11-/m0/s1. The summed E-state index contributed by atoms with van der Waals surface area (Å²) in [6.45, 7) is 1.79. The van der Waals surface area contributed by atoms with Gasteiger partial charge in [-0.1, -0.05) is 0 Å². The van der Waals surface area contributed by atoms with E-state index in [1.54, 1.807) is 44.4 Å². The van der Waals surface area contributed by atoms with Crippen molar-refractivity contribution in [2.24, 2.45) is 0 Å². The van der Waals surface area contributed by atoms with Crippen LogP contribution in [0.1, 0.15) is 6.92 Å². The van der Waals surface area contributed by atoms with E-state index in [9.17, 15) is 9.18 Å². The number of carbonyl (C=O) groups is 1. The van der Waals surface area contributed by atoms with Crippen molar-refractivity contribution in [2.75, 3.05) is 19.5 Å². The summed E-state index contributed by atoms with van der Waals surface area (Å²) in [6.07, 6.45) is 0. The number of carbonyl (C=O) groups excluding carboxylic acids is 1. The van der Waals surface area contributed by atoms with E-state index in [2.05, 4.69) is 5.32 Å². The molecule has 0 spiro atoms. The van der Waals surface area contributed by atoms with Crippen LogP contribution in [-0.2, 0) is 4.79 Å². The Morgan fingerprint density at radius 3 is 2.43 bits per heavy atom. The lowest BCUT2D eigenvalue weighted by atomic mass is 10.2. The van der Waals surface area contributed by atoms with E-state index in [1.807, 2.05) is 0 Å². The number of methoxy groups -OCH3 is 2. The maximum atomic E-state index is 12.9. The number of thioether (sulfide) groups is 1. The monoisotopic (exact) mass is 335 g/mol. The van der Waals surface area contributed by atoms with Crippen LogP contribution in [0.2, 0.25) is 0 Å². The average Bonchev–Trinajstić information content (AvgIpc) is 2.56. The Hall–Kier alpha value is -2.21. The SMILES string of the molecule is COc1ccc(OC)c(NC(=O)[C@H](C)Sc2ccc(F)cc2)c1. The van der Waals surface area contributed by atoms with Crippen LogP contribution < -0.4 is 14.8 Å². The molecule has 122 valence electrons. The molecule has 23 heavy (non-hydrogen) atoms. The van der Waals surface area contributed by atoms with Gasteiger partial charge in [-0.25, -0.2) is 4.39 Å². The first-order chi connectivity index (χ1) is 11.0. The van der Waals surface area contributed by atoms with Gasteiger partial charge in [0.2, 0.25) is 5.91 Å². The van der Waals surface area contributed by atoms with Gasteiger partial charge in [0.15, 0.2) is 0 Å². The molecule has 0 aliphatic carbocycles. The van der Waals surface area contributed by atoms with Gasteiger partial charge in [0, 0.05) is 11.0 Å². The minimum absolute atomic E-state index is 0.175. The zero-order valence-electron chi connectivity index (χ0n) is 13.1. The first-order valence-electron chi connectivity index (χ1n) is 6.98. The molecule has 0 aliphatic heterocycles. The lowest BCUT2D eigenvalue weighted by molar-refractivity contribution is -0.115. The van der Waals surface area contributed by atoms with E-state index in [1.165, 1.54) is 31.0 Å². The van der Waals surface area contributed by atoms with Crippen molar-refractivity contribution in [3.8, 4) is 11.5 Å². The summed E-state index contributed by atoms with van der Waals surface area (Å²) in [4.78, 5) is 13.2. The van der Waals surface area contributed by atoms with E-state index >= 15 is 0 Å². The van der Waals surface area contributed by atoms with Crippen LogP contribution in [0.3, 0.4) is 0 Å². The zero-order valence-corrected chi connectivity index (χ0v) is 13.9. The molecule has 0 bridgehead atoms. The molecule has 1 amide bonds. The molecule has 6 heteroatoms. The molecule has 2 rings (SSSR count). The van der Waals surface area contributed by atoms with Crippen LogP contribution in [0.4, 0.5) is 10.1 Å². The number of ether oxygens (including phenoxy) is 2. The molecule has 0 aliphatic rings. The number of halogens is 1. The number of nitrogens with one attached hydrogen (secondary N) is 1. The largest absolute Gasteiger partial charge is 0.497 e. The summed E-state index contributed by atoms with van der Waals surface area (Å²) in [5.74, 6) is 0.705. The number of hydrogen-bond acceptors (Lipinski definition) is 4. The fraction of sp³-hybridized carbons (Fsp3) is 0.235. The molecule has 2 aromatic carbocycles. The molecular formula is C17H18FNO3S. The molecule has 4 nitrogen and oxygen atoms in total. The summed E-state index contributed by atoms with van der Waals surface area (Å²) in [6, 6.07) is 11.2. The molecule has 1 N–H and O–H groups in total. The number of amides is 1. The van der Waals surface area contributed by atoms with Gasteiger partial charge in [0.05, 0.1) is 25.2 Å². The first-order valence-corrected chi connectivity index (χ1v) is 7.86. The second kappa shape index (κ2) is 7.87. The summed E-state index contributed by atoms with van der Waals surface area (Å²) in [5, 5.41) is 2.48. The highest BCUT2D eigenvalue weighted by Gasteiger charge is 2.17. The van der Waals surface area contributed by atoms with Gasteiger partial charge >= 0.3 is 0 Å². The van der Waals surface area contributed by atoms with E-state index in [4.69, 9.17) is 9.47 Å². The number of hydrogen-bond donors (Lipinski definition) is 1. The Labute approximate surface area is 139 Å². The topological polar surface area (TPSA) is 47.6 Å². The Bertz CT molecular complexity index is 676. The molecule has 0 fully saturated rings. The predicted molar refractivity (Wildman–Crippen MR) is 89.9 cm³/mol. The fourth-order valence-electron chi connectivity index (χ4n) is 1.92. The Kier molecular flexibility index (Phi) is 5.87. The van der Waals surface area contributed by atoms with Gasteiger partial charge in [-0.3, -0.25) is 4.79 Å². The molecule has 0 aromatic heterocycles. The zero-order chi connectivity index (χ0) is 16.8. The number of anilines is 1. The molecule has 0 heterocycles. The second-order valence-corrected chi connectivity index (χ2v) is 6.18. The maximum Gasteiger partial charge on any atom is 0.237 e. The Morgan fingerprint density at radius 1 is 1.13 bits per heavy atom. The Balaban J connectivity index is 2.07. The van der Waals surface area contributed by atoms with Crippen LogP contribution in [0, 0.1) is 5.82 Å². The summed E-state index contributed by atoms with van der Waals surface area (Å²) in [7, 11) is 3.09. The van der Waals surface area contributed by atoms with Gasteiger partial charge < -0.3 is 14.8 Å². The van der Waals surface area contributed by atoms with Crippen molar-refractivity contribution in [3.63, 3.8) is 0 Å². The van der Waals surface area contributed by atoms with Crippen LogP contribution >= 0.6 is 11.8 Å². The molecular weight excluding hydrogens is 317 g/mol. The maximum absolute atomic E-state index is 12.9. The smallest absolute Gasteiger partial charge is 0.237 e. The molecule has 0 unspecified atom stereocenters. The van der Waals surface area contributed by atoms with Gasteiger partial charge in [0.1, 0.15) is 17.3 Å². The van der Waals surface area contributed by atoms with Gasteiger partial charge in [-0.15, -0.1) is 11.8 Å². The minimum Gasteiger partial charge on any atom is -0.497 e. The number of rotatable bonds is 6. The van der Waals surface area contributed by atoms with Crippen molar-refractivity contribution in [1.82, 2.24) is 0 Å². The second-order valence-electron chi connectivity index (χ2n) is 4.77. The van der Waals surface area contributed by atoms with Crippen LogP contribution in [0.15, 0.2) is 47.4 Å². The normalized spacial score (nSPS) is 11.7. The van der Waals surface area contributed by atoms with E-state index in [0.717, 1.165) is 4.90 Å². The van der Waals surface area contributed by atoms with Gasteiger partial charge in [-0.2, -0.15) is 0 Å². The fourth-order valence-corrected chi connectivity index (χ4v) is 2.78. The predicted octanol–water partition coefficient (Wildman–Crippen LogP) is 3.96. The van der Waals surface area contributed by atoms with E-state index in [0.29, 0.717) is 17.2 Å². The molecule has 0 saturated heterocycles. The lowest BCUT2D eigenvalue weighted by Gasteiger charge is -2.15. The lowest BCUT2D eigenvalue weighted by Crippen LogP contribution is -2.22. The van der Waals surface area contributed by atoms with Crippen molar-refractivity contribution < 1.29 is 18.7 Å². The highest BCUT2D eigenvalue weighted by molar-refractivity contribution is 8.00. The van der Waals surface area contributed by atoms with Gasteiger partial charge in [0.25, 0.3) is 0 Å². The molecule has 0 saturated carbocycles. The molecule has 2 aromatic rings. The highest BCUT2D eigenvalue weighted by Crippen LogP contribution is 2.30. The summed E-state index contributed by atoms with van der Waals surface area (Å²) >= 11 is 1.35. The van der Waals surface area contributed by atoms with Crippen molar-refractivity contribution in [2.45, 2.75) is 17.1 Å². The number of benzene rings is 2. The third kappa shape index (κ3) is 4.63. The third-order valence-corrected chi connectivity index (χ3v) is 4.27. The van der Waals surface area contributed by atoms with Crippen molar-refractivity contribution >= 4 is 23.4 Å². The van der Waals surface area contributed by atoms with Crippen LogP contribution in [0.25, 0.3) is 0 Å². The summed E-state index contributed by atoms with van der Waals surface area (Å²) in [5.41, 5.74) is 0.545. The van der Waals surface area contributed by atoms with Crippen molar-refractivity contribution in [1.29, 1.82) is 0 Å². The van der Waals surface area contributed by atoms with E-state index in [-0.39, 0.29) is 17.0 Å². The van der Waals surface area contributed by atoms with Gasteiger partial charge in [-0.05, 0) is 43.3 Å². The molecule has 0 radical (unpaired) electrons. The van der Waals surface area contributed by atoms with Crippen molar-refractivity contribution in [3.05, 3.63) is 48.3 Å². The average molecular weight is 335 g/mol. The van der Waals surface area contributed by atoms with Crippen LogP contribution in [0.5, 0.6) is 11.5 Å². The Morgan fingerprint density at radius 2 is 1.83 bits per heavy atom. The summed E-state index contributed by atoms with van der Waals surface area (Å²) < 4.78 is 23.3. The third-order valence-electron chi connectivity index (χ3n) is 3.16. The highest BCUT2D eigenvalue weighted by atomic mass is 32.2. The minimum atomic E-state index is -0.351. The quantitative estimate of drug-likeness (QED) is 0.812. The first kappa shape index (κ1) is 17.1. The molecule has 1 atom stereocenters.